The maximum absolute atomic E-state index is 13.4. The zero-order valence-electron chi connectivity index (χ0n) is 18.3. The lowest BCUT2D eigenvalue weighted by Crippen LogP contribution is -2.54. The van der Waals surface area contributed by atoms with E-state index in [1.807, 2.05) is 74.6 Å². The number of primary amides is 1. The number of amides is 2. The normalized spacial score (nSPS) is 13.3. The van der Waals surface area contributed by atoms with Gasteiger partial charge in [0.2, 0.25) is 11.8 Å². The zero-order valence-corrected chi connectivity index (χ0v) is 18.3. The molecular formula is C25H32N4O2. The molecule has 0 aliphatic heterocycles. The third-order valence-corrected chi connectivity index (χ3v) is 5.60. The van der Waals surface area contributed by atoms with Crippen LogP contribution >= 0.6 is 0 Å². The molecule has 0 unspecified atom stereocenters. The predicted octanol–water partition coefficient (Wildman–Crippen LogP) is 3.01. The van der Waals surface area contributed by atoms with Crippen molar-refractivity contribution >= 4 is 22.7 Å². The number of benzene rings is 2. The van der Waals surface area contributed by atoms with Gasteiger partial charge in [-0.2, -0.15) is 0 Å². The third kappa shape index (κ3) is 5.73. The minimum Gasteiger partial charge on any atom is -0.368 e. The second-order valence-corrected chi connectivity index (χ2v) is 8.49. The van der Waals surface area contributed by atoms with E-state index < -0.39 is 18.0 Å². The number of aromatic nitrogens is 1. The van der Waals surface area contributed by atoms with E-state index in [1.165, 1.54) is 0 Å². The Morgan fingerprint density at radius 1 is 1.03 bits per heavy atom. The molecule has 2 amide bonds. The summed E-state index contributed by atoms with van der Waals surface area (Å²) in [5.41, 5.74) is 15.2. The van der Waals surface area contributed by atoms with Gasteiger partial charge in [-0.05, 0) is 42.4 Å². The molecule has 0 bridgehead atoms. The fraction of sp³-hybridized carbons (Fsp3) is 0.360. The number of aromatic amines is 1. The molecule has 1 heterocycles. The Morgan fingerprint density at radius 3 is 2.39 bits per heavy atom. The number of H-pyrrole nitrogens is 1. The summed E-state index contributed by atoms with van der Waals surface area (Å²) in [4.78, 5) is 30.5. The summed E-state index contributed by atoms with van der Waals surface area (Å²) >= 11 is 0. The number of carbonyl (C=O) groups is 2. The summed E-state index contributed by atoms with van der Waals surface area (Å²) in [6, 6.07) is 16.4. The van der Waals surface area contributed by atoms with Crippen LogP contribution in [0, 0.1) is 5.92 Å². The quantitative estimate of drug-likeness (QED) is 0.469. The van der Waals surface area contributed by atoms with Gasteiger partial charge in [0.15, 0.2) is 0 Å². The average molecular weight is 421 g/mol. The second-order valence-electron chi connectivity index (χ2n) is 8.49. The van der Waals surface area contributed by atoms with Crippen LogP contribution < -0.4 is 11.5 Å². The van der Waals surface area contributed by atoms with Crippen LogP contribution in [-0.2, 0) is 22.4 Å². The van der Waals surface area contributed by atoms with Gasteiger partial charge < -0.3 is 21.4 Å². The van der Waals surface area contributed by atoms with Crippen molar-refractivity contribution in [3.05, 3.63) is 71.9 Å². The van der Waals surface area contributed by atoms with Crippen molar-refractivity contribution in [3.8, 4) is 0 Å². The maximum Gasteiger partial charge on any atom is 0.240 e. The molecule has 6 nitrogen and oxygen atoms in total. The molecule has 0 aliphatic carbocycles. The lowest BCUT2D eigenvalue weighted by atomic mass is 9.98. The fourth-order valence-corrected chi connectivity index (χ4v) is 4.00. The van der Waals surface area contributed by atoms with Crippen LogP contribution in [0.4, 0.5) is 0 Å². The molecule has 0 spiro atoms. The topological polar surface area (TPSA) is 105 Å². The predicted molar refractivity (Wildman–Crippen MR) is 124 cm³/mol. The standard InChI is InChI=1S/C25H32N4O2/c1-17(2)14-23(24(27)30)29(13-12-18-8-4-3-5-9-18)25(31)21(26)15-19-16-28-22-11-7-6-10-20(19)22/h3-11,16-17,21,23,28H,12-15,26H2,1-2H3,(H2,27,30)/t21-,23-/m0/s1. The fourth-order valence-electron chi connectivity index (χ4n) is 4.00. The van der Waals surface area contributed by atoms with Gasteiger partial charge in [-0.3, -0.25) is 9.59 Å². The molecule has 2 aromatic carbocycles. The molecule has 6 heteroatoms. The number of hydrogen-bond donors (Lipinski definition) is 3. The van der Waals surface area contributed by atoms with Crippen LogP contribution in [-0.4, -0.2) is 40.3 Å². The van der Waals surface area contributed by atoms with Gasteiger partial charge in [0.25, 0.3) is 0 Å². The van der Waals surface area contributed by atoms with E-state index in [1.54, 1.807) is 4.90 Å². The minimum absolute atomic E-state index is 0.217. The van der Waals surface area contributed by atoms with Crippen LogP contribution in [0.25, 0.3) is 10.9 Å². The molecule has 2 atom stereocenters. The number of rotatable bonds is 10. The zero-order chi connectivity index (χ0) is 22.4. The van der Waals surface area contributed by atoms with E-state index in [0.717, 1.165) is 22.0 Å². The van der Waals surface area contributed by atoms with E-state index in [9.17, 15) is 9.59 Å². The molecule has 0 aliphatic rings. The van der Waals surface area contributed by atoms with Crippen molar-refractivity contribution in [3.63, 3.8) is 0 Å². The van der Waals surface area contributed by atoms with Crippen LogP contribution in [0.15, 0.2) is 60.8 Å². The molecule has 5 N–H and O–H groups in total. The van der Waals surface area contributed by atoms with Gasteiger partial charge in [0.1, 0.15) is 6.04 Å². The SMILES string of the molecule is CC(C)C[C@@H](C(N)=O)N(CCc1ccccc1)C(=O)[C@@H](N)Cc1c[nH]c2ccccc12. The van der Waals surface area contributed by atoms with E-state index in [0.29, 0.717) is 25.8 Å². The van der Waals surface area contributed by atoms with Crippen molar-refractivity contribution in [2.45, 2.75) is 45.2 Å². The minimum atomic E-state index is -0.760. The van der Waals surface area contributed by atoms with Crippen molar-refractivity contribution < 1.29 is 9.59 Å². The maximum atomic E-state index is 13.4. The van der Waals surface area contributed by atoms with Gasteiger partial charge in [-0.1, -0.05) is 62.4 Å². The molecule has 164 valence electrons. The van der Waals surface area contributed by atoms with Crippen molar-refractivity contribution in [1.29, 1.82) is 0 Å². The van der Waals surface area contributed by atoms with Crippen LogP contribution in [0.3, 0.4) is 0 Å². The Hall–Kier alpha value is -3.12. The molecule has 0 fully saturated rings. The molecule has 3 aromatic rings. The summed E-state index contributed by atoms with van der Waals surface area (Å²) in [6.07, 6.45) is 3.42. The van der Waals surface area contributed by atoms with Gasteiger partial charge in [0.05, 0.1) is 6.04 Å². The van der Waals surface area contributed by atoms with E-state index in [-0.39, 0.29) is 11.8 Å². The molecular weight excluding hydrogens is 388 g/mol. The summed E-state index contributed by atoms with van der Waals surface area (Å²) in [6.45, 7) is 4.42. The number of carbonyl (C=O) groups excluding carboxylic acids is 2. The van der Waals surface area contributed by atoms with Gasteiger partial charge in [0, 0.05) is 23.6 Å². The molecule has 1 aromatic heterocycles. The lowest BCUT2D eigenvalue weighted by molar-refractivity contribution is -0.141. The molecule has 0 radical (unpaired) electrons. The summed E-state index contributed by atoms with van der Waals surface area (Å²) < 4.78 is 0. The number of fused-ring (bicyclic) bond motifs is 1. The number of para-hydroxylation sites is 1. The largest absolute Gasteiger partial charge is 0.368 e. The van der Waals surface area contributed by atoms with Crippen molar-refractivity contribution in [2.24, 2.45) is 17.4 Å². The summed E-state index contributed by atoms with van der Waals surface area (Å²) in [7, 11) is 0. The Balaban J connectivity index is 1.81. The highest BCUT2D eigenvalue weighted by atomic mass is 16.2. The lowest BCUT2D eigenvalue weighted by Gasteiger charge is -2.33. The average Bonchev–Trinajstić information content (AvgIpc) is 3.16. The van der Waals surface area contributed by atoms with Gasteiger partial charge in [-0.25, -0.2) is 0 Å². The van der Waals surface area contributed by atoms with E-state index in [4.69, 9.17) is 11.5 Å². The van der Waals surface area contributed by atoms with E-state index in [2.05, 4.69) is 4.98 Å². The number of nitrogens with one attached hydrogen (secondary N) is 1. The van der Waals surface area contributed by atoms with Gasteiger partial charge in [-0.15, -0.1) is 0 Å². The molecule has 0 saturated carbocycles. The van der Waals surface area contributed by atoms with Crippen LogP contribution in [0.1, 0.15) is 31.4 Å². The Morgan fingerprint density at radius 2 is 1.71 bits per heavy atom. The first-order valence-corrected chi connectivity index (χ1v) is 10.8. The highest BCUT2D eigenvalue weighted by Gasteiger charge is 2.32. The third-order valence-electron chi connectivity index (χ3n) is 5.60. The number of nitrogens with two attached hydrogens (primary N) is 2. The second kappa shape index (κ2) is 10.3. The Labute approximate surface area is 183 Å². The van der Waals surface area contributed by atoms with Crippen LogP contribution in [0.2, 0.25) is 0 Å². The Kier molecular flexibility index (Phi) is 7.47. The summed E-state index contributed by atoms with van der Waals surface area (Å²) in [5, 5.41) is 1.05. The highest BCUT2D eigenvalue weighted by Crippen LogP contribution is 2.20. The first kappa shape index (κ1) is 22.6. The molecule has 3 rings (SSSR count). The number of hydrogen-bond acceptors (Lipinski definition) is 3. The van der Waals surface area contributed by atoms with Crippen LogP contribution in [0.5, 0.6) is 0 Å². The van der Waals surface area contributed by atoms with E-state index >= 15 is 0 Å². The van der Waals surface area contributed by atoms with Crippen molar-refractivity contribution in [2.75, 3.05) is 6.54 Å². The van der Waals surface area contributed by atoms with Crippen molar-refractivity contribution in [1.82, 2.24) is 9.88 Å². The Bertz CT molecular complexity index is 1010. The first-order valence-electron chi connectivity index (χ1n) is 10.8. The number of nitrogens with zero attached hydrogens (tertiary/aromatic N) is 1. The van der Waals surface area contributed by atoms with Gasteiger partial charge >= 0.3 is 0 Å². The monoisotopic (exact) mass is 420 g/mol. The first-order chi connectivity index (χ1) is 14.9. The molecule has 31 heavy (non-hydrogen) atoms. The smallest absolute Gasteiger partial charge is 0.240 e. The highest BCUT2D eigenvalue weighted by molar-refractivity contribution is 5.90. The molecule has 0 saturated heterocycles. The summed E-state index contributed by atoms with van der Waals surface area (Å²) in [5.74, 6) is -0.519.